The van der Waals surface area contributed by atoms with Gasteiger partial charge in [-0.2, -0.15) is 0 Å². The summed E-state index contributed by atoms with van der Waals surface area (Å²) in [5, 5.41) is 0. The van der Waals surface area contributed by atoms with E-state index in [-0.39, 0.29) is 11.7 Å². The van der Waals surface area contributed by atoms with Gasteiger partial charge in [-0.05, 0) is 26.0 Å². The molecule has 0 aliphatic rings. The molecule has 0 heterocycles. The maximum atomic E-state index is 10.1. The third-order valence-corrected chi connectivity index (χ3v) is 1.87. The average molecular weight is 208 g/mol. The van der Waals surface area contributed by atoms with Crippen molar-refractivity contribution in [3.05, 3.63) is 30.3 Å². The molecule has 0 saturated carbocycles. The summed E-state index contributed by atoms with van der Waals surface area (Å²) in [4.78, 5) is 10.1. The Morgan fingerprint density at radius 3 is 2.07 bits per heavy atom. The highest BCUT2D eigenvalue weighted by molar-refractivity contribution is 5.77. The van der Waals surface area contributed by atoms with Gasteiger partial charge in [-0.1, -0.05) is 32.0 Å². The second-order valence-electron chi connectivity index (χ2n) is 3.51. The van der Waals surface area contributed by atoms with E-state index in [1.807, 2.05) is 51.1 Å². The minimum atomic E-state index is 0.213. The van der Waals surface area contributed by atoms with Crippen molar-refractivity contribution < 1.29 is 9.53 Å². The van der Waals surface area contributed by atoms with Crippen LogP contribution in [-0.4, -0.2) is 12.4 Å². The van der Waals surface area contributed by atoms with E-state index in [0.717, 1.165) is 12.4 Å². The van der Waals surface area contributed by atoms with Crippen molar-refractivity contribution in [2.24, 2.45) is 5.92 Å². The number of para-hydroxylation sites is 1. The SMILES string of the molecule is CC(=O)C(C)C.CCOc1ccccc1. The Bertz CT molecular complexity index is 265. The van der Waals surface area contributed by atoms with Gasteiger partial charge in [0.2, 0.25) is 0 Å². The van der Waals surface area contributed by atoms with Crippen LogP contribution in [0.15, 0.2) is 30.3 Å². The van der Waals surface area contributed by atoms with Crippen molar-refractivity contribution in [2.75, 3.05) is 6.61 Å². The fourth-order valence-electron chi connectivity index (χ4n) is 0.683. The summed E-state index contributed by atoms with van der Waals surface area (Å²) < 4.78 is 5.21. The third kappa shape index (κ3) is 7.74. The molecule has 0 aliphatic heterocycles. The molecule has 1 aromatic carbocycles. The first kappa shape index (κ1) is 13.7. The van der Waals surface area contributed by atoms with E-state index in [4.69, 9.17) is 4.74 Å². The van der Waals surface area contributed by atoms with Crippen LogP contribution in [-0.2, 0) is 4.79 Å². The van der Waals surface area contributed by atoms with E-state index in [0.29, 0.717) is 0 Å². The minimum Gasteiger partial charge on any atom is -0.494 e. The Labute approximate surface area is 92.3 Å². The van der Waals surface area contributed by atoms with Crippen LogP contribution in [0, 0.1) is 5.92 Å². The van der Waals surface area contributed by atoms with Crippen molar-refractivity contribution in [1.29, 1.82) is 0 Å². The minimum absolute atomic E-state index is 0.213. The lowest BCUT2D eigenvalue weighted by molar-refractivity contribution is -0.119. The van der Waals surface area contributed by atoms with Gasteiger partial charge in [-0.3, -0.25) is 4.79 Å². The van der Waals surface area contributed by atoms with Gasteiger partial charge in [-0.25, -0.2) is 0 Å². The molecule has 0 aliphatic carbocycles. The lowest BCUT2D eigenvalue weighted by Crippen LogP contribution is -1.98. The van der Waals surface area contributed by atoms with E-state index in [2.05, 4.69) is 0 Å². The second kappa shape index (κ2) is 8.04. The normalized spacial score (nSPS) is 9.13. The maximum absolute atomic E-state index is 10.1. The molecule has 0 N–H and O–H groups in total. The molecule has 0 atom stereocenters. The number of Topliss-reactive ketones (excluding diaryl/α,β-unsaturated/α-hetero) is 1. The van der Waals surface area contributed by atoms with Crippen LogP contribution in [0.5, 0.6) is 5.75 Å². The maximum Gasteiger partial charge on any atom is 0.132 e. The molecule has 84 valence electrons. The predicted octanol–water partition coefficient (Wildman–Crippen LogP) is 3.32. The van der Waals surface area contributed by atoms with Crippen molar-refractivity contribution >= 4 is 5.78 Å². The summed E-state index contributed by atoms with van der Waals surface area (Å²) in [7, 11) is 0. The van der Waals surface area contributed by atoms with Crippen molar-refractivity contribution in [1.82, 2.24) is 0 Å². The molecule has 2 nitrogen and oxygen atoms in total. The molecule has 0 unspecified atom stereocenters. The highest BCUT2D eigenvalue weighted by Crippen LogP contribution is 2.06. The van der Waals surface area contributed by atoms with Gasteiger partial charge >= 0.3 is 0 Å². The number of carbonyl (C=O) groups is 1. The third-order valence-electron chi connectivity index (χ3n) is 1.87. The molecular formula is C13H20O2. The lowest BCUT2D eigenvalue weighted by atomic mass is 10.1. The quantitative estimate of drug-likeness (QED) is 0.761. The van der Waals surface area contributed by atoms with Gasteiger partial charge in [0.25, 0.3) is 0 Å². The molecule has 0 saturated heterocycles. The first-order valence-electron chi connectivity index (χ1n) is 5.26. The zero-order valence-electron chi connectivity index (χ0n) is 9.99. The average Bonchev–Trinajstić information content (AvgIpc) is 2.20. The summed E-state index contributed by atoms with van der Waals surface area (Å²) in [5.41, 5.74) is 0. The molecular weight excluding hydrogens is 188 g/mol. The Kier molecular flexibility index (Phi) is 7.33. The highest BCUT2D eigenvalue weighted by atomic mass is 16.5. The molecule has 1 aromatic rings. The van der Waals surface area contributed by atoms with E-state index < -0.39 is 0 Å². The second-order valence-corrected chi connectivity index (χ2v) is 3.51. The molecule has 0 amide bonds. The molecule has 15 heavy (non-hydrogen) atoms. The summed E-state index contributed by atoms with van der Waals surface area (Å²) >= 11 is 0. The van der Waals surface area contributed by atoms with Crippen LogP contribution in [0.4, 0.5) is 0 Å². The molecule has 0 spiro atoms. The van der Waals surface area contributed by atoms with Gasteiger partial charge in [0.05, 0.1) is 6.61 Å². The van der Waals surface area contributed by atoms with E-state index in [9.17, 15) is 4.79 Å². The highest BCUT2D eigenvalue weighted by Gasteiger charge is 1.95. The monoisotopic (exact) mass is 208 g/mol. The standard InChI is InChI=1S/C8H10O.C5H10O/c1-2-9-8-6-4-3-5-7-8;1-4(2)5(3)6/h3-7H,2H2,1H3;4H,1-3H3. The van der Waals surface area contributed by atoms with Crippen molar-refractivity contribution in [2.45, 2.75) is 27.7 Å². The smallest absolute Gasteiger partial charge is 0.132 e. The van der Waals surface area contributed by atoms with Crippen LogP contribution in [0.2, 0.25) is 0 Å². The molecule has 1 rings (SSSR count). The van der Waals surface area contributed by atoms with Gasteiger partial charge in [0, 0.05) is 5.92 Å². The summed E-state index contributed by atoms with van der Waals surface area (Å²) in [6.45, 7) is 8.10. The Balaban J connectivity index is 0.000000288. The number of benzene rings is 1. The number of rotatable bonds is 3. The zero-order valence-corrected chi connectivity index (χ0v) is 9.99. The Morgan fingerprint density at radius 2 is 1.73 bits per heavy atom. The number of hydrogen-bond acceptors (Lipinski definition) is 2. The Hall–Kier alpha value is -1.31. The number of hydrogen-bond donors (Lipinski definition) is 0. The van der Waals surface area contributed by atoms with Gasteiger partial charge in [0.15, 0.2) is 0 Å². The molecule has 2 heteroatoms. The fourth-order valence-corrected chi connectivity index (χ4v) is 0.683. The topological polar surface area (TPSA) is 26.3 Å². The van der Waals surface area contributed by atoms with E-state index >= 15 is 0 Å². The van der Waals surface area contributed by atoms with Crippen LogP contribution >= 0.6 is 0 Å². The van der Waals surface area contributed by atoms with Gasteiger partial charge < -0.3 is 4.74 Å². The lowest BCUT2D eigenvalue weighted by Gasteiger charge is -1.99. The van der Waals surface area contributed by atoms with E-state index in [1.165, 1.54) is 0 Å². The van der Waals surface area contributed by atoms with Gasteiger partial charge in [0.1, 0.15) is 11.5 Å². The van der Waals surface area contributed by atoms with Crippen molar-refractivity contribution in [3.63, 3.8) is 0 Å². The van der Waals surface area contributed by atoms with Crippen LogP contribution < -0.4 is 4.74 Å². The fraction of sp³-hybridized carbons (Fsp3) is 0.462. The van der Waals surface area contributed by atoms with Crippen molar-refractivity contribution in [3.8, 4) is 5.75 Å². The number of carbonyl (C=O) groups excluding carboxylic acids is 1. The van der Waals surface area contributed by atoms with Crippen LogP contribution in [0.3, 0.4) is 0 Å². The first-order valence-corrected chi connectivity index (χ1v) is 5.26. The Morgan fingerprint density at radius 1 is 1.27 bits per heavy atom. The molecule has 0 fully saturated rings. The zero-order chi connectivity index (χ0) is 11.7. The van der Waals surface area contributed by atoms with Crippen LogP contribution in [0.1, 0.15) is 27.7 Å². The summed E-state index contributed by atoms with van der Waals surface area (Å²) in [6, 6.07) is 9.80. The van der Waals surface area contributed by atoms with E-state index in [1.54, 1.807) is 6.92 Å². The van der Waals surface area contributed by atoms with Crippen LogP contribution in [0.25, 0.3) is 0 Å². The largest absolute Gasteiger partial charge is 0.494 e. The molecule has 0 aromatic heterocycles. The first-order chi connectivity index (χ1) is 7.07. The molecule has 0 radical (unpaired) electrons. The summed E-state index contributed by atoms with van der Waals surface area (Å²) in [6.07, 6.45) is 0. The number of ether oxygens (including phenoxy) is 1. The predicted molar refractivity (Wildman–Crippen MR) is 63.1 cm³/mol. The molecule has 0 bridgehead atoms. The summed E-state index contributed by atoms with van der Waals surface area (Å²) in [5.74, 6) is 1.42. The van der Waals surface area contributed by atoms with Gasteiger partial charge in [-0.15, -0.1) is 0 Å². The number of ketones is 1.